The van der Waals surface area contributed by atoms with E-state index in [-0.39, 0.29) is 18.2 Å². The van der Waals surface area contributed by atoms with Gasteiger partial charge in [0.15, 0.2) is 11.5 Å². The van der Waals surface area contributed by atoms with Gasteiger partial charge >= 0.3 is 0 Å². The van der Waals surface area contributed by atoms with Crippen LogP contribution in [0.4, 0.5) is 5.69 Å². The Bertz CT molecular complexity index is 1300. The van der Waals surface area contributed by atoms with Gasteiger partial charge in [-0.1, -0.05) is 48.5 Å². The number of benzene rings is 3. The van der Waals surface area contributed by atoms with Gasteiger partial charge in [-0.15, -0.1) is 0 Å². The summed E-state index contributed by atoms with van der Waals surface area (Å²) in [6, 6.07) is 21.4. The maximum Gasteiger partial charge on any atom is 0.251 e. The summed E-state index contributed by atoms with van der Waals surface area (Å²) in [7, 11) is 0. The highest BCUT2D eigenvalue weighted by atomic mass is 16.6. The number of ether oxygens (including phenoxy) is 2. The second kappa shape index (κ2) is 9.08. The molecular formula is C26H23N3O4. The van der Waals surface area contributed by atoms with Crippen LogP contribution in [0.3, 0.4) is 0 Å². The van der Waals surface area contributed by atoms with Crippen LogP contribution in [0.25, 0.3) is 10.9 Å². The van der Waals surface area contributed by atoms with Crippen LogP contribution < -0.4 is 20.1 Å². The standard InChI is InChI=1S/C26H23N3O4/c30-24(14-18-16-27-21-9-5-4-8-20(18)21)29-25(17-6-2-1-3-7-17)26(31)28-19-10-11-22-23(15-19)33-13-12-32-22/h1-11,15-16,25,27H,12-14H2,(H,28,31)(H,29,30)/t25-/m1/s1. The smallest absolute Gasteiger partial charge is 0.251 e. The van der Waals surface area contributed by atoms with E-state index in [9.17, 15) is 9.59 Å². The number of rotatable bonds is 6. The molecule has 0 bridgehead atoms. The third kappa shape index (κ3) is 4.52. The van der Waals surface area contributed by atoms with Crippen molar-refractivity contribution in [2.45, 2.75) is 12.5 Å². The second-order valence-corrected chi connectivity index (χ2v) is 7.80. The third-order valence-corrected chi connectivity index (χ3v) is 5.54. The molecule has 1 atom stereocenters. The molecule has 1 aromatic heterocycles. The van der Waals surface area contributed by atoms with Gasteiger partial charge in [0.25, 0.3) is 5.91 Å². The Morgan fingerprint density at radius 3 is 2.52 bits per heavy atom. The molecule has 3 N–H and O–H groups in total. The van der Waals surface area contributed by atoms with E-state index in [1.807, 2.05) is 60.8 Å². The molecule has 7 heteroatoms. The molecule has 0 unspecified atom stereocenters. The molecule has 0 aliphatic carbocycles. The molecule has 0 radical (unpaired) electrons. The Kier molecular flexibility index (Phi) is 5.68. The largest absolute Gasteiger partial charge is 0.486 e. The van der Waals surface area contributed by atoms with Crippen LogP contribution in [0, 0.1) is 0 Å². The predicted octanol–water partition coefficient (Wildman–Crippen LogP) is 3.98. The number of aromatic amines is 1. The minimum atomic E-state index is -0.850. The molecule has 7 nitrogen and oxygen atoms in total. The van der Waals surface area contributed by atoms with Crippen molar-refractivity contribution in [3.05, 3.63) is 90.1 Å². The van der Waals surface area contributed by atoms with E-state index >= 15 is 0 Å². The van der Waals surface area contributed by atoms with Crippen molar-refractivity contribution in [2.75, 3.05) is 18.5 Å². The topological polar surface area (TPSA) is 92.5 Å². The first-order valence-electron chi connectivity index (χ1n) is 10.8. The molecule has 0 fully saturated rings. The van der Waals surface area contributed by atoms with Gasteiger partial charge in [-0.2, -0.15) is 0 Å². The third-order valence-electron chi connectivity index (χ3n) is 5.54. The fourth-order valence-electron chi connectivity index (χ4n) is 3.94. The second-order valence-electron chi connectivity index (χ2n) is 7.80. The number of hydrogen-bond acceptors (Lipinski definition) is 4. The lowest BCUT2D eigenvalue weighted by Crippen LogP contribution is -2.37. The summed E-state index contributed by atoms with van der Waals surface area (Å²) in [5.41, 5.74) is 3.11. The minimum Gasteiger partial charge on any atom is -0.486 e. The lowest BCUT2D eigenvalue weighted by atomic mass is 10.0. The van der Waals surface area contributed by atoms with Crippen molar-refractivity contribution in [1.29, 1.82) is 0 Å². The number of hydrogen-bond donors (Lipinski definition) is 3. The molecule has 0 saturated carbocycles. The summed E-state index contributed by atoms with van der Waals surface area (Å²) in [6.45, 7) is 0.957. The summed E-state index contributed by atoms with van der Waals surface area (Å²) in [4.78, 5) is 29.3. The quantitative estimate of drug-likeness (QED) is 0.422. The molecule has 33 heavy (non-hydrogen) atoms. The normalized spacial score (nSPS) is 13.3. The van der Waals surface area contributed by atoms with Gasteiger partial charge in [0.1, 0.15) is 19.3 Å². The highest BCUT2D eigenvalue weighted by Crippen LogP contribution is 2.33. The first kappa shape index (κ1) is 20.6. The van der Waals surface area contributed by atoms with Crippen LogP contribution in [0.2, 0.25) is 0 Å². The van der Waals surface area contributed by atoms with E-state index in [2.05, 4.69) is 15.6 Å². The van der Waals surface area contributed by atoms with Crippen molar-refractivity contribution in [3.8, 4) is 11.5 Å². The van der Waals surface area contributed by atoms with Crippen LogP contribution in [0.15, 0.2) is 79.0 Å². The summed E-state index contributed by atoms with van der Waals surface area (Å²) in [6.07, 6.45) is 1.99. The van der Waals surface area contributed by atoms with Crippen molar-refractivity contribution in [1.82, 2.24) is 10.3 Å². The summed E-state index contributed by atoms with van der Waals surface area (Å²) in [5.74, 6) is 0.639. The van der Waals surface area contributed by atoms with E-state index in [0.717, 1.165) is 16.5 Å². The fraction of sp³-hybridized carbons (Fsp3) is 0.154. The van der Waals surface area contributed by atoms with Gasteiger partial charge in [0, 0.05) is 28.9 Å². The molecule has 3 aromatic carbocycles. The summed E-state index contributed by atoms with van der Waals surface area (Å²) in [5, 5.41) is 6.78. The van der Waals surface area contributed by atoms with Crippen molar-refractivity contribution >= 4 is 28.4 Å². The molecular weight excluding hydrogens is 418 g/mol. The first-order chi connectivity index (χ1) is 16.2. The Morgan fingerprint density at radius 2 is 1.67 bits per heavy atom. The van der Waals surface area contributed by atoms with Crippen LogP contribution >= 0.6 is 0 Å². The van der Waals surface area contributed by atoms with Gasteiger partial charge in [-0.3, -0.25) is 9.59 Å². The van der Waals surface area contributed by atoms with Crippen LogP contribution in [-0.2, 0) is 16.0 Å². The fourth-order valence-corrected chi connectivity index (χ4v) is 3.94. The van der Waals surface area contributed by atoms with E-state index in [0.29, 0.717) is 36.0 Å². The van der Waals surface area contributed by atoms with Gasteiger partial charge < -0.3 is 25.1 Å². The molecule has 0 saturated heterocycles. The number of nitrogens with one attached hydrogen (secondary N) is 3. The Morgan fingerprint density at radius 1 is 0.909 bits per heavy atom. The van der Waals surface area contributed by atoms with Gasteiger partial charge in [-0.05, 0) is 29.3 Å². The molecule has 1 aliphatic heterocycles. The average Bonchev–Trinajstić information content (AvgIpc) is 3.25. The summed E-state index contributed by atoms with van der Waals surface area (Å²) < 4.78 is 11.1. The monoisotopic (exact) mass is 441 g/mol. The number of amides is 2. The SMILES string of the molecule is O=C(Cc1c[nH]c2ccccc12)N[C@@H](C(=O)Nc1ccc2c(c1)OCCO2)c1ccccc1. The van der Waals surface area contributed by atoms with Crippen LogP contribution in [0.5, 0.6) is 11.5 Å². The van der Waals surface area contributed by atoms with Gasteiger partial charge in [0.2, 0.25) is 5.91 Å². The van der Waals surface area contributed by atoms with Crippen molar-refractivity contribution in [3.63, 3.8) is 0 Å². The highest BCUT2D eigenvalue weighted by Gasteiger charge is 2.24. The molecule has 2 heterocycles. The molecule has 166 valence electrons. The number of aromatic nitrogens is 1. The lowest BCUT2D eigenvalue weighted by molar-refractivity contribution is -0.126. The zero-order valence-corrected chi connectivity index (χ0v) is 17.8. The van der Waals surface area contributed by atoms with Gasteiger partial charge in [-0.25, -0.2) is 0 Å². The Labute approximate surface area is 190 Å². The Hall–Kier alpha value is -4.26. The van der Waals surface area contributed by atoms with E-state index in [1.165, 1.54) is 0 Å². The zero-order valence-electron chi connectivity index (χ0n) is 17.8. The van der Waals surface area contributed by atoms with Crippen molar-refractivity contribution in [2.24, 2.45) is 0 Å². The van der Waals surface area contributed by atoms with Crippen LogP contribution in [0.1, 0.15) is 17.2 Å². The number of carbonyl (C=O) groups excluding carboxylic acids is 2. The van der Waals surface area contributed by atoms with E-state index < -0.39 is 6.04 Å². The average molecular weight is 441 g/mol. The maximum atomic E-state index is 13.2. The number of H-pyrrole nitrogens is 1. The van der Waals surface area contributed by atoms with E-state index in [1.54, 1.807) is 18.2 Å². The maximum absolute atomic E-state index is 13.2. The predicted molar refractivity (Wildman–Crippen MR) is 125 cm³/mol. The molecule has 5 rings (SSSR count). The number of fused-ring (bicyclic) bond motifs is 2. The lowest BCUT2D eigenvalue weighted by Gasteiger charge is -2.21. The number of carbonyl (C=O) groups is 2. The van der Waals surface area contributed by atoms with Gasteiger partial charge in [0.05, 0.1) is 6.42 Å². The minimum absolute atomic E-state index is 0.157. The van der Waals surface area contributed by atoms with E-state index in [4.69, 9.17) is 9.47 Å². The van der Waals surface area contributed by atoms with Crippen LogP contribution in [-0.4, -0.2) is 30.0 Å². The Balaban J connectivity index is 1.34. The molecule has 0 spiro atoms. The molecule has 4 aromatic rings. The zero-order chi connectivity index (χ0) is 22.6. The number of anilines is 1. The molecule has 1 aliphatic rings. The summed E-state index contributed by atoms with van der Waals surface area (Å²) >= 11 is 0. The molecule has 2 amide bonds. The number of para-hydroxylation sites is 1. The highest BCUT2D eigenvalue weighted by molar-refractivity contribution is 5.99. The van der Waals surface area contributed by atoms with Crippen molar-refractivity contribution < 1.29 is 19.1 Å². The first-order valence-corrected chi connectivity index (χ1v) is 10.8.